The molecule has 1 N–H and O–H groups in total. The fourth-order valence-corrected chi connectivity index (χ4v) is 3.81. The number of fused-ring (bicyclic) bond motifs is 1. The van der Waals surface area contributed by atoms with Gasteiger partial charge in [0, 0.05) is 29.1 Å². The van der Waals surface area contributed by atoms with Gasteiger partial charge in [0.15, 0.2) is 18.1 Å². The van der Waals surface area contributed by atoms with E-state index in [0.717, 1.165) is 22.0 Å². The van der Waals surface area contributed by atoms with E-state index in [2.05, 4.69) is 9.72 Å². The summed E-state index contributed by atoms with van der Waals surface area (Å²) < 4.78 is 14.8. The Labute approximate surface area is 177 Å². The Hall–Kier alpha value is -3.39. The second kappa shape index (κ2) is 9.89. The van der Waals surface area contributed by atoms with Crippen LogP contribution in [-0.2, 0) is 23.8 Å². The number of esters is 1. The highest BCUT2D eigenvalue weighted by molar-refractivity contribution is 7.12. The number of aromatic amines is 1. The van der Waals surface area contributed by atoms with Crippen LogP contribution in [0.3, 0.4) is 0 Å². The van der Waals surface area contributed by atoms with Crippen LogP contribution in [0.15, 0.2) is 53.4 Å². The van der Waals surface area contributed by atoms with E-state index in [1.165, 1.54) is 25.4 Å². The zero-order chi connectivity index (χ0) is 21.5. The first-order valence-corrected chi connectivity index (χ1v) is 10.1. The summed E-state index contributed by atoms with van der Waals surface area (Å²) >= 11 is 1.35. The van der Waals surface area contributed by atoms with Gasteiger partial charge in [0.05, 0.1) is 18.4 Å². The predicted molar refractivity (Wildman–Crippen MR) is 113 cm³/mol. The lowest BCUT2D eigenvalue weighted by Gasteiger charge is -2.09. The van der Waals surface area contributed by atoms with Gasteiger partial charge in [0.25, 0.3) is 6.47 Å². The average molecular weight is 427 g/mol. The summed E-state index contributed by atoms with van der Waals surface area (Å²) in [6.07, 6.45) is 1.92. The molecule has 0 fully saturated rings. The molecule has 30 heavy (non-hydrogen) atoms. The number of H-pyrrole nitrogens is 1. The molecule has 2 heterocycles. The number of rotatable bonds is 10. The second-order valence-electron chi connectivity index (χ2n) is 6.43. The van der Waals surface area contributed by atoms with Crippen LogP contribution in [0.25, 0.3) is 22.0 Å². The summed E-state index contributed by atoms with van der Waals surface area (Å²) in [7, 11) is 1.38. The van der Waals surface area contributed by atoms with Gasteiger partial charge >= 0.3 is 5.97 Å². The van der Waals surface area contributed by atoms with Crippen molar-refractivity contribution in [1.29, 1.82) is 0 Å². The number of carbonyl (C=O) groups excluding carboxylic acids is 3. The molecule has 0 radical (unpaired) electrons. The van der Waals surface area contributed by atoms with Crippen molar-refractivity contribution in [2.45, 2.75) is 19.8 Å². The number of hydrogen-bond donors (Lipinski definition) is 1. The number of Topliss-reactive ketones (excluding diaryl/α,β-unsaturated/α-hetero) is 1. The maximum Gasteiger partial charge on any atom is 0.306 e. The standard InChI is InChI=1S/C22H21NO6S/c1-14(29-13-24)20(27-2)11-28-22(26)8-7-19(25)21-9-15(12-30-21)17-10-23-18-6-4-3-5-16(17)18/h3-6,9-10,12-13,23H,7-8,11H2,1-2H3/b20-14-. The van der Waals surface area contributed by atoms with E-state index in [-0.39, 0.29) is 43.2 Å². The molecule has 1 aromatic carbocycles. The van der Waals surface area contributed by atoms with Gasteiger partial charge in [-0.1, -0.05) is 18.2 Å². The molecule has 3 aromatic rings. The number of ketones is 1. The molecule has 0 amide bonds. The van der Waals surface area contributed by atoms with Crippen LogP contribution in [0.5, 0.6) is 0 Å². The zero-order valence-corrected chi connectivity index (χ0v) is 17.4. The number of methoxy groups -OCH3 is 1. The SMILES string of the molecule is CO/C(COC(=O)CCC(=O)c1cc(-c2c[nH]c3ccccc23)cs1)=C(/C)OC=O. The molecule has 0 bridgehead atoms. The summed E-state index contributed by atoms with van der Waals surface area (Å²) in [5.41, 5.74) is 3.03. The molecule has 0 unspecified atom stereocenters. The Morgan fingerprint density at radius 2 is 2.00 bits per heavy atom. The molecule has 2 aromatic heterocycles. The third-order valence-electron chi connectivity index (χ3n) is 4.56. The molecular formula is C22H21NO6S. The van der Waals surface area contributed by atoms with Gasteiger partial charge in [0.1, 0.15) is 5.76 Å². The third kappa shape index (κ3) is 4.96. The normalized spacial score (nSPS) is 11.7. The highest BCUT2D eigenvalue weighted by Gasteiger charge is 2.15. The monoisotopic (exact) mass is 427 g/mol. The maximum absolute atomic E-state index is 12.5. The quantitative estimate of drug-likeness (QED) is 0.222. The molecular weight excluding hydrogens is 406 g/mol. The Morgan fingerprint density at radius 3 is 2.77 bits per heavy atom. The molecule has 3 rings (SSSR count). The van der Waals surface area contributed by atoms with Crippen LogP contribution in [0.1, 0.15) is 29.4 Å². The first kappa shape index (κ1) is 21.3. The van der Waals surface area contributed by atoms with Gasteiger partial charge < -0.3 is 19.2 Å². The number of allylic oxidation sites excluding steroid dienone is 1. The molecule has 0 aliphatic rings. The molecule has 156 valence electrons. The number of thiophene rings is 1. The first-order chi connectivity index (χ1) is 14.5. The molecule has 7 nitrogen and oxygen atoms in total. The molecule has 0 saturated carbocycles. The van der Waals surface area contributed by atoms with E-state index < -0.39 is 5.97 Å². The average Bonchev–Trinajstić information content (AvgIpc) is 3.39. The van der Waals surface area contributed by atoms with Crippen molar-refractivity contribution in [2.75, 3.05) is 13.7 Å². The first-order valence-electron chi connectivity index (χ1n) is 9.21. The number of nitrogens with one attached hydrogen (secondary N) is 1. The Morgan fingerprint density at radius 1 is 1.20 bits per heavy atom. The Bertz CT molecular complexity index is 1090. The van der Waals surface area contributed by atoms with E-state index >= 15 is 0 Å². The van der Waals surface area contributed by atoms with Gasteiger partial charge in [0.2, 0.25) is 0 Å². The van der Waals surface area contributed by atoms with Crippen molar-refractivity contribution in [3.8, 4) is 11.1 Å². The van der Waals surface area contributed by atoms with Crippen LogP contribution >= 0.6 is 11.3 Å². The van der Waals surface area contributed by atoms with Crippen LogP contribution in [0.4, 0.5) is 0 Å². The van der Waals surface area contributed by atoms with Crippen molar-refractivity contribution in [3.63, 3.8) is 0 Å². The summed E-state index contributed by atoms with van der Waals surface area (Å²) in [4.78, 5) is 38.6. The summed E-state index contributed by atoms with van der Waals surface area (Å²) in [6.45, 7) is 1.61. The number of carbonyl (C=O) groups is 3. The van der Waals surface area contributed by atoms with Crippen LogP contribution in [0.2, 0.25) is 0 Å². The fourth-order valence-electron chi connectivity index (χ4n) is 2.93. The molecule has 0 atom stereocenters. The number of benzene rings is 1. The minimum Gasteiger partial charge on any atom is -0.494 e. The summed E-state index contributed by atoms with van der Waals surface area (Å²) in [5.74, 6) is -0.223. The largest absolute Gasteiger partial charge is 0.494 e. The lowest BCUT2D eigenvalue weighted by molar-refractivity contribution is -0.143. The number of para-hydroxylation sites is 1. The minimum absolute atomic E-state index is 0.0442. The van der Waals surface area contributed by atoms with Crippen molar-refractivity contribution >= 4 is 40.5 Å². The molecule has 0 aliphatic heterocycles. The second-order valence-corrected chi connectivity index (χ2v) is 7.34. The van der Waals surface area contributed by atoms with Crippen molar-refractivity contribution in [3.05, 3.63) is 58.3 Å². The zero-order valence-electron chi connectivity index (χ0n) is 16.6. The number of aromatic nitrogens is 1. The van der Waals surface area contributed by atoms with Crippen LogP contribution < -0.4 is 0 Å². The number of hydrogen-bond acceptors (Lipinski definition) is 7. The van der Waals surface area contributed by atoms with Crippen molar-refractivity contribution in [1.82, 2.24) is 4.98 Å². The smallest absolute Gasteiger partial charge is 0.306 e. The summed E-state index contributed by atoms with van der Waals surface area (Å²) in [6, 6.07) is 9.81. The van der Waals surface area contributed by atoms with Gasteiger partial charge in [-0.25, -0.2) is 0 Å². The maximum atomic E-state index is 12.5. The topological polar surface area (TPSA) is 94.7 Å². The predicted octanol–water partition coefficient (Wildman–Crippen LogP) is 4.45. The molecule has 8 heteroatoms. The lowest BCUT2D eigenvalue weighted by Crippen LogP contribution is -2.12. The third-order valence-corrected chi connectivity index (χ3v) is 5.53. The van der Waals surface area contributed by atoms with Gasteiger partial charge in [-0.3, -0.25) is 14.4 Å². The Kier molecular flexibility index (Phi) is 7.03. The van der Waals surface area contributed by atoms with E-state index in [0.29, 0.717) is 4.88 Å². The van der Waals surface area contributed by atoms with E-state index in [4.69, 9.17) is 9.47 Å². The molecule has 0 spiro atoms. The minimum atomic E-state index is -0.537. The van der Waals surface area contributed by atoms with E-state index in [9.17, 15) is 14.4 Å². The van der Waals surface area contributed by atoms with Crippen molar-refractivity contribution in [2.24, 2.45) is 0 Å². The Balaban J connectivity index is 1.56. The summed E-state index contributed by atoms with van der Waals surface area (Å²) in [5, 5.41) is 3.03. The van der Waals surface area contributed by atoms with Crippen LogP contribution in [0, 0.1) is 0 Å². The number of ether oxygens (including phenoxy) is 3. The van der Waals surface area contributed by atoms with Crippen LogP contribution in [-0.4, -0.2) is 36.9 Å². The van der Waals surface area contributed by atoms with Gasteiger partial charge in [-0.05, 0) is 30.0 Å². The van der Waals surface area contributed by atoms with Crippen molar-refractivity contribution < 1.29 is 28.6 Å². The van der Waals surface area contributed by atoms with E-state index in [1.807, 2.05) is 41.9 Å². The highest BCUT2D eigenvalue weighted by atomic mass is 32.1. The van der Waals surface area contributed by atoms with Gasteiger partial charge in [-0.15, -0.1) is 11.3 Å². The fraction of sp³-hybridized carbons (Fsp3) is 0.227. The molecule has 0 aliphatic carbocycles. The van der Waals surface area contributed by atoms with E-state index in [1.54, 1.807) is 0 Å². The molecule has 0 saturated heterocycles. The van der Waals surface area contributed by atoms with Gasteiger partial charge in [-0.2, -0.15) is 0 Å². The lowest BCUT2D eigenvalue weighted by atomic mass is 10.1. The highest BCUT2D eigenvalue weighted by Crippen LogP contribution is 2.32.